The Morgan fingerprint density at radius 2 is 1.44 bits per heavy atom. The van der Waals surface area contributed by atoms with Crippen molar-refractivity contribution in [3.05, 3.63) is 71.8 Å². The zero-order chi connectivity index (χ0) is 26.3. The van der Waals surface area contributed by atoms with Crippen molar-refractivity contribution >= 4 is 11.9 Å². The van der Waals surface area contributed by atoms with Crippen LogP contribution in [0.5, 0.6) is 0 Å². The predicted octanol–water partition coefficient (Wildman–Crippen LogP) is 8.23. The number of rotatable bonds is 17. The van der Waals surface area contributed by atoms with E-state index in [1.54, 1.807) is 6.92 Å². The van der Waals surface area contributed by atoms with Crippen LogP contribution >= 0.6 is 0 Å². The van der Waals surface area contributed by atoms with E-state index in [2.05, 4.69) is 38.1 Å². The number of carboxylic acids is 1. The molecule has 0 fully saturated rings. The normalized spacial score (nSPS) is 15.4. The maximum absolute atomic E-state index is 13.1. The van der Waals surface area contributed by atoms with Gasteiger partial charge in [0, 0.05) is 0 Å². The van der Waals surface area contributed by atoms with E-state index in [1.807, 2.05) is 43.3 Å². The van der Waals surface area contributed by atoms with Gasteiger partial charge in [-0.05, 0) is 54.6 Å². The molecular weight excluding hydrogens is 448 g/mol. The molecule has 4 heteroatoms. The molecule has 4 nitrogen and oxygen atoms in total. The van der Waals surface area contributed by atoms with E-state index < -0.39 is 11.9 Å². The molecule has 2 aromatic rings. The largest absolute Gasteiger partial charge is 0.481 e. The molecule has 1 N–H and O–H groups in total. The molecule has 0 amide bonds. The standard InChI is InChI=1S/C32H46O4/c1-5-7-15-26(6-2)23-36-32(35)25(4)30(28-18-12-9-13-19-28)21-14-20-29(22-24(3)31(33)34)27-16-10-8-11-17-27/h8-13,16-19,24-26,29-30H,5-7,14-15,20-23H2,1-4H3,(H,33,34). The molecule has 0 heterocycles. The van der Waals surface area contributed by atoms with Crippen LogP contribution in [0.3, 0.4) is 0 Å². The molecule has 0 spiro atoms. The van der Waals surface area contributed by atoms with Crippen LogP contribution in [-0.2, 0) is 14.3 Å². The molecule has 0 aliphatic rings. The molecule has 36 heavy (non-hydrogen) atoms. The van der Waals surface area contributed by atoms with Crippen molar-refractivity contribution in [1.29, 1.82) is 0 Å². The topological polar surface area (TPSA) is 63.6 Å². The van der Waals surface area contributed by atoms with E-state index in [1.165, 1.54) is 12.0 Å². The number of carbonyl (C=O) groups is 2. The van der Waals surface area contributed by atoms with Crippen molar-refractivity contribution in [2.24, 2.45) is 17.8 Å². The molecule has 198 valence electrons. The highest BCUT2D eigenvalue weighted by atomic mass is 16.5. The van der Waals surface area contributed by atoms with Gasteiger partial charge in [-0.3, -0.25) is 9.59 Å². The minimum atomic E-state index is -0.751. The molecule has 2 aromatic carbocycles. The molecule has 0 aliphatic carbocycles. The second-order valence-corrected chi connectivity index (χ2v) is 10.4. The summed E-state index contributed by atoms with van der Waals surface area (Å²) in [7, 11) is 0. The minimum Gasteiger partial charge on any atom is -0.481 e. The third kappa shape index (κ3) is 9.79. The first-order chi connectivity index (χ1) is 17.4. The molecule has 2 rings (SSSR count). The predicted molar refractivity (Wildman–Crippen MR) is 147 cm³/mol. The van der Waals surface area contributed by atoms with Gasteiger partial charge >= 0.3 is 11.9 Å². The lowest BCUT2D eigenvalue weighted by Gasteiger charge is -2.26. The van der Waals surface area contributed by atoms with Gasteiger partial charge < -0.3 is 9.84 Å². The first kappa shape index (κ1) is 29.6. The van der Waals surface area contributed by atoms with E-state index >= 15 is 0 Å². The summed E-state index contributed by atoms with van der Waals surface area (Å²) in [5.41, 5.74) is 2.35. The van der Waals surface area contributed by atoms with E-state index in [0.717, 1.165) is 44.1 Å². The molecular formula is C32H46O4. The van der Waals surface area contributed by atoms with Gasteiger partial charge in [-0.1, -0.05) is 114 Å². The number of benzene rings is 2. The van der Waals surface area contributed by atoms with Crippen LogP contribution in [0.25, 0.3) is 0 Å². The number of esters is 1. The van der Waals surface area contributed by atoms with Crippen LogP contribution in [0, 0.1) is 17.8 Å². The summed E-state index contributed by atoms with van der Waals surface area (Å²) in [4.78, 5) is 24.6. The van der Waals surface area contributed by atoms with Gasteiger partial charge in [0.25, 0.3) is 0 Å². The highest BCUT2D eigenvalue weighted by Crippen LogP contribution is 2.35. The van der Waals surface area contributed by atoms with Gasteiger partial charge in [0.1, 0.15) is 0 Å². The number of unbranched alkanes of at least 4 members (excludes halogenated alkanes) is 1. The van der Waals surface area contributed by atoms with E-state index in [4.69, 9.17) is 4.74 Å². The van der Waals surface area contributed by atoms with Crippen molar-refractivity contribution < 1.29 is 19.4 Å². The fourth-order valence-corrected chi connectivity index (χ4v) is 5.06. The van der Waals surface area contributed by atoms with Crippen LogP contribution in [0.15, 0.2) is 60.7 Å². The van der Waals surface area contributed by atoms with Crippen LogP contribution < -0.4 is 0 Å². The Balaban J connectivity index is 2.07. The highest BCUT2D eigenvalue weighted by Gasteiger charge is 2.28. The Hall–Kier alpha value is -2.62. The monoisotopic (exact) mass is 494 g/mol. The molecule has 5 unspecified atom stereocenters. The molecule has 0 bridgehead atoms. The van der Waals surface area contributed by atoms with E-state index in [9.17, 15) is 14.7 Å². The summed E-state index contributed by atoms with van der Waals surface area (Å²) < 4.78 is 5.83. The number of carbonyl (C=O) groups excluding carboxylic acids is 1. The Bertz CT molecular complexity index is 880. The molecule has 5 atom stereocenters. The number of aliphatic carboxylic acids is 1. The summed E-state index contributed by atoms with van der Waals surface area (Å²) in [6, 6.07) is 20.5. The van der Waals surface area contributed by atoms with Crippen LogP contribution in [0.4, 0.5) is 0 Å². The van der Waals surface area contributed by atoms with Crippen LogP contribution in [-0.4, -0.2) is 23.7 Å². The molecule has 0 aliphatic heterocycles. The van der Waals surface area contributed by atoms with Crippen LogP contribution in [0.2, 0.25) is 0 Å². The number of carboxylic acid groups (broad SMARTS) is 1. The van der Waals surface area contributed by atoms with Gasteiger partial charge in [0.15, 0.2) is 0 Å². The summed E-state index contributed by atoms with van der Waals surface area (Å²) in [6.07, 6.45) is 7.74. The SMILES string of the molecule is CCCCC(CC)COC(=O)C(C)C(CCCC(CC(C)C(=O)O)c1ccccc1)c1ccccc1. The Labute approximate surface area is 218 Å². The Morgan fingerprint density at radius 3 is 2.00 bits per heavy atom. The molecule has 0 saturated carbocycles. The fraction of sp³-hybridized carbons (Fsp3) is 0.562. The van der Waals surface area contributed by atoms with Gasteiger partial charge in [-0.15, -0.1) is 0 Å². The van der Waals surface area contributed by atoms with Crippen molar-refractivity contribution in [3.63, 3.8) is 0 Å². The van der Waals surface area contributed by atoms with Crippen molar-refractivity contribution in [1.82, 2.24) is 0 Å². The van der Waals surface area contributed by atoms with Crippen molar-refractivity contribution in [2.45, 2.75) is 90.9 Å². The van der Waals surface area contributed by atoms with Gasteiger partial charge in [0.05, 0.1) is 18.4 Å². The maximum Gasteiger partial charge on any atom is 0.309 e. The third-order valence-corrected chi connectivity index (χ3v) is 7.61. The fourth-order valence-electron chi connectivity index (χ4n) is 5.06. The first-order valence-corrected chi connectivity index (χ1v) is 13.9. The summed E-state index contributed by atoms with van der Waals surface area (Å²) in [5, 5.41) is 9.48. The lowest BCUT2D eigenvalue weighted by Crippen LogP contribution is -2.24. The maximum atomic E-state index is 13.1. The van der Waals surface area contributed by atoms with Crippen molar-refractivity contribution in [3.8, 4) is 0 Å². The summed E-state index contributed by atoms with van der Waals surface area (Å²) in [6.45, 7) is 8.64. The average Bonchev–Trinajstić information content (AvgIpc) is 2.90. The molecule has 0 radical (unpaired) electrons. The molecule has 0 saturated heterocycles. The minimum absolute atomic E-state index is 0.0720. The van der Waals surface area contributed by atoms with Gasteiger partial charge in [-0.25, -0.2) is 0 Å². The average molecular weight is 495 g/mol. The van der Waals surface area contributed by atoms with E-state index in [-0.39, 0.29) is 23.7 Å². The lowest BCUT2D eigenvalue weighted by atomic mass is 9.80. The smallest absolute Gasteiger partial charge is 0.309 e. The highest BCUT2D eigenvalue weighted by molar-refractivity contribution is 5.73. The number of hydrogen-bond donors (Lipinski definition) is 1. The quantitative estimate of drug-likeness (QED) is 0.225. The zero-order valence-electron chi connectivity index (χ0n) is 22.7. The third-order valence-electron chi connectivity index (χ3n) is 7.61. The first-order valence-electron chi connectivity index (χ1n) is 13.9. The summed E-state index contributed by atoms with van der Waals surface area (Å²) >= 11 is 0. The van der Waals surface area contributed by atoms with Crippen LogP contribution in [0.1, 0.15) is 102 Å². The number of hydrogen-bond acceptors (Lipinski definition) is 3. The Morgan fingerprint density at radius 1 is 0.833 bits per heavy atom. The lowest BCUT2D eigenvalue weighted by molar-refractivity contribution is -0.150. The second-order valence-electron chi connectivity index (χ2n) is 10.4. The number of ether oxygens (including phenoxy) is 1. The zero-order valence-corrected chi connectivity index (χ0v) is 22.7. The van der Waals surface area contributed by atoms with E-state index in [0.29, 0.717) is 18.9 Å². The molecule has 0 aromatic heterocycles. The van der Waals surface area contributed by atoms with Gasteiger partial charge in [0.2, 0.25) is 0 Å². The second kappa shape index (κ2) is 16.2. The van der Waals surface area contributed by atoms with Crippen molar-refractivity contribution in [2.75, 3.05) is 6.61 Å². The summed E-state index contributed by atoms with van der Waals surface area (Å²) in [5.74, 6) is -0.809. The van der Waals surface area contributed by atoms with Gasteiger partial charge in [-0.2, -0.15) is 0 Å². The Kier molecular flexibility index (Phi) is 13.3.